The highest BCUT2D eigenvalue weighted by atomic mass is 35.5. The van der Waals surface area contributed by atoms with E-state index >= 15 is 0 Å². The van der Waals surface area contributed by atoms with E-state index in [0.717, 1.165) is 0 Å². The van der Waals surface area contributed by atoms with E-state index in [1.54, 1.807) is 30.5 Å². The van der Waals surface area contributed by atoms with Crippen LogP contribution >= 0.6 is 11.6 Å². The number of furan rings is 1. The van der Waals surface area contributed by atoms with Crippen LogP contribution in [0.2, 0.25) is 5.02 Å². The first-order valence-electron chi connectivity index (χ1n) is 7.36. The summed E-state index contributed by atoms with van der Waals surface area (Å²) in [4.78, 5) is 23.3. The highest BCUT2D eigenvalue weighted by Crippen LogP contribution is 2.36. The van der Waals surface area contributed by atoms with Gasteiger partial charge in [-0.3, -0.25) is 9.59 Å². The lowest BCUT2D eigenvalue weighted by atomic mass is 10.2. The highest BCUT2D eigenvalue weighted by molar-refractivity contribution is 6.33. The normalized spacial score (nSPS) is 14.2. The minimum Gasteiger partial charge on any atom is -0.482 e. The number of carbonyl (C=O) groups is 2. The second kappa shape index (κ2) is 6.84. The molecule has 0 bridgehead atoms. The van der Waals surface area contributed by atoms with E-state index in [4.69, 9.17) is 20.8 Å². The predicted octanol–water partition coefficient (Wildman–Crippen LogP) is 2.55. The van der Waals surface area contributed by atoms with Gasteiger partial charge in [-0.05, 0) is 25.1 Å². The Morgan fingerprint density at radius 2 is 2.29 bits per heavy atom. The van der Waals surface area contributed by atoms with E-state index in [2.05, 4.69) is 16.0 Å². The number of benzene rings is 1. The zero-order chi connectivity index (χ0) is 17.1. The lowest BCUT2D eigenvalue weighted by molar-refractivity contribution is -0.120. The third kappa shape index (κ3) is 3.62. The van der Waals surface area contributed by atoms with Crippen molar-refractivity contribution in [1.29, 1.82) is 0 Å². The van der Waals surface area contributed by atoms with E-state index in [-0.39, 0.29) is 31.0 Å². The number of amides is 2. The molecule has 0 saturated heterocycles. The first-order chi connectivity index (χ1) is 11.5. The molecule has 8 heteroatoms. The fraction of sp³-hybridized carbons (Fsp3) is 0.250. The summed E-state index contributed by atoms with van der Waals surface area (Å²) in [6.45, 7) is 1.82. The van der Waals surface area contributed by atoms with Gasteiger partial charge in [-0.15, -0.1) is 0 Å². The summed E-state index contributed by atoms with van der Waals surface area (Å²) in [6, 6.07) is 6.57. The lowest BCUT2D eigenvalue weighted by Gasteiger charge is -2.20. The van der Waals surface area contributed by atoms with E-state index in [1.165, 1.54) is 0 Å². The van der Waals surface area contributed by atoms with Crippen molar-refractivity contribution in [2.24, 2.45) is 0 Å². The standard InChI is InChI=1S/C16H16ClN3O4/c1-9(13-3-2-4-23-13)19-15(21)7-18-11-6-14-12(5-10(11)17)20-16(22)8-24-14/h2-6,9,18H,7-8H2,1H3,(H,19,21)(H,20,22)/t9-/m1/s1. The van der Waals surface area contributed by atoms with E-state index in [1.807, 2.05) is 6.92 Å². The molecule has 0 unspecified atom stereocenters. The Balaban J connectivity index is 1.60. The van der Waals surface area contributed by atoms with Gasteiger partial charge in [0.25, 0.3) is 5.91 Å². The molecule has 2 heterocycles. The van der Waals surface area contributed by atoms with Crippen molar-refractivity contribution in [2.45, 2.75) is 13.0 Å². The van der Waals surface area contributed by atoms with Crippen molar-refractivity contribution in [3.8, 4) is 5.75 Å². The molecule has 0 spiro atoms. The second-order valence-electron chi connectivity index (χ2n) is 5.32. The number of nitrogens with one attached hydrogen (secondary N) is 3. The molecule has 0 aliphatic carbocycles. The molecule has 3 N–H and O–H groups in total. The van der Waals surface area contributed by atoms with E-state index in [9.17, 15) is 9.59 Å². The molecule has 1 atom stereocenters. The smallest absolute Gasteiger partial charge is 0.262 e. The molecule has 1 aliphatic rings. The Bertz CT molecular complexity index is 761. The molecule has 0 fully saturated rings. The summed E-state index contributed by atoms with van der Waals surface area (Å²) in [5.74, 6) is 0.748. The average molecular weight is 350 g/mol. The predicted molar refractivity (Wildman–Crippen MR) is 89.3 cm³/mol. The number of hydrogen-bond acceptors (Lipinski definition) is 5. The molecular weight excluding hydrogens is 334 g/mol. The molecule has 1 aliphatic heterocycles. The molecule has 3 rings (SSSR count). The SMILES string of the molecule is C[C@@H](NC(=O)CNc1cc2c(cc1Cl)NC(=O)CO2)c1ccco1. The van der Waals surface area contributed by atoms with Gasteiger partial charge in [0.15, 0.2) is 6.61 Å². The summed E-state index contributed by atoms with van der Waals surface area (Å²) in [7, 11) is 0. The highest BCUT2D eigenvalue weighted by Gasteiger charge is 2.18. The van der Waals surface area contributed by atoms with Crippen LogP contribution in [0.15, 0.2) is 34.9 Å². The number of halogens is 1. The number of rotatable bonds is 5. The maximum absolute atomic E-state index is 12.0. The number of ether oxygens (including phenoxy) is 1. The summed E-state index contributed by atoms with van der Waals surface area (Å²) >= 11 is 6.16. The largest absolute Gasteiger partial charge is 0.482 e. The Morgan fingerprint density at radius 3 is 3.04 bits per heavy atom. The van der Waals surface area contributed by atoms with Gasteiger partial charge in [0.2, 0.25) is 5.91 Å². The maximum Gasteiger partial charge on any atom is 0.262 e. The van der Waals surface area contributed by atoms with Crippen LogP contribution in [0, 0.1) is 0 Å². The van der Waals surface area contributed by atoms with Crippen molar-refractivity contribution >= 4 is 34.8 Å². The molecule has 0 saturated carbocycles. The minimum absolute atomic E-state index is 0.0376. The third-order valence-corrected chi connectivity index (χ3v) is 3.80. The molecule has 7 nitrogen and oxygen atoms in total. The minimum atomic E-state index is -0.231. The number of carbonyl (C=O) groups excluding carboxylic acids is 2. The number of fused-ring (bicyclic) bond motifs is 1. The molecule has 1 aromatic heterocycles. The van der Waals surface area contributed by atoms with Gasteiger partial charge in [-0.1, -0.05) is 11.6 Å². The van der Waals surface area contributed by atoms with Crippen LogP contribution in [0.1, 0.15) is 18.7 Å². The van der Waals surface area contributed by atoms with Crippen LogP contribution in [-0.4, -0.2) is 25.0 Å². The quantitative estimate of drug-likeness (QED) is 0.771. The molecule has 0 radical (unpaired) electrons. The van der Waals surface area contributed by atoms with Gasteiger partial charge in [0.05, 0.1) is 35.2 Å². The summed E-state index contributed by atoms with van der Waals surface area (Å²) < 4.78 is 10.6. The number of hydrogen-bond donors (Lipinski definition) is 3. The first-order valence-corrected chi connectivity index (χ1v) is 7.73. The Morgan fingerprint density at radius 1 is 1.46 bits per heavy atom. The fourth-order valence-electron chi connectivity index (χ4n) is 2.31. The summed E-state index contributed by atoms with van der Waals surface area (Å²) in [5, 5.41) is 8.82. The van der Waals surface area contributed by atoms with Crippen molar-refractivity contribution in [2.75, 3.05) is 23.8 Å². The summed E-state index contributed by atoms with van der Waals surface area (Å²) in [6.07, 6.45) is 1.56. The zero-order valence-electron chi connectivity index (χ0n) is 12.9. The molecule has 1 aromatic carbocycles. The monoisotopic (exact) mass is 349 g/mol. The van der Waals surface area contributed by atoms with Crippen LogP contribution in [0.4, 0.5) is 11.4 Å². The molecule has 2 amide bonds. The van der Waals surface area contributed by atoms with Crippen LogP contribution in [-0.2, 0) is 9.59 Å². The Labute approximate surface area is 143 Å². The number of anilines is 2. The fourth-order valence-corrected chi connectivity index (χ4v) is 2.54. The average Bonchev–Trinajstić information content (AvgIpc) is 3.07. The van der Waals surface area contributed by atoms with Crippen LogP contribution in [0.5, 0.6) is 5.75 Å². The van der Waals surface area contributed by atoms with Crippen molar-refractivity contribution in [1.82, 2.24) is 5.32 Å². The Kier molecular flexibility index (Phi) is 4.61. The van der Waals surface area contributed by atoms with Crippen molar-refractivity contribution < 1.29 is 18.7 Å². The molecular formula is C16H16ClN3O4. The third-order valence-electron chi connectivity index (χ3n) is 3.49. The topological polar surface area (TPSA) is 92.6 Å². The molecule has 126 valence electrons. The lowest BCUT2D eigenvalue weighted by Crippen LogP contribution is -2.32. The van der Waals surface area contributed by atoms with Crippen molar-refractivity contribution in [3.05, 3.63) is 41.3 Å². The second-order valence-corrected chi connectivity index (χ2v) is 5.73. The van der Waals surface area contributed by atoms with Crippen LogP contribution in [0.3, 0.4) is 0 Å². The maximum atomic E-state index is 12.0. The van der Waals surface area contributed by atoms with Crippen LogP contribution in [0.25, 0.3) is 0 Å². The van der Waals surface area contributed by atoms with Crippen molar-refractivity contribution in [3.63, 3.8) is 0 Å². The van der Waals surface area contributed by atoms with E-state index in [0.29, 0.717) is 27.9 Å². The van der Waals surface area contributed by atoms with E-state index < -0.39 is 0 Å². The van der Waals surface area contributed by atoms with Gasteiger partial charge < -0.3 is 25.1 Å². The van der Waals surface area contributed by atoms with Crippen LogP contribution < -0.4 is 20.7 Å². The van der Waals surface area contributed by atoms with Gasteiger partial charge >= 0.3 is 0 Å². The Hall–Kier alpha value is -2.67. The molecule has 2 aromatic rings. The summed E-state index contributed by atoms with van der Waals surface area (Å²) in [5.41, 5.74) is 1.06. The van der Waals surface area contributed by atoms with Gasteiger partial charge in [-0.25, -0.2) is 0 Å². The van der Waals surface area contributed by atoms with Gasteiger partial charge in [0, 0.05) is 6.07 Å². The molecule has 24 heavy (non-hydrogen) atoms. The zero-order valence-corrected chi connectivity index (χ0v) is 13.6. The van der Waals surface area contributed by atoms with Gasteiger partial charge in [-0.2, -0.15) is 0 Å². The van der Waals surface area contributed by atoms with Gasteiger partial charge in [0.1, 0.15) is 11.5 Å². The first kappa shape index (κ1) is 16.2.